The number of methoxy groups -OCH3 is 1. The number of nitrogens with one attached hydrogen (secondary N) is 1. The van der Waals surface area contributed by atoms with Crippen molar-refractivity contribution in [2.24, 2.45) is 0 Å². The first-order valence-electron chi connectivity index (χ1n) is 8.69. The van der Waals surface area contributed by atoms with Crippen molar-refractivity contribution in [3.63, 3.8) is 0 Å². The molecule has 24 heavy (non-hydrogen) atoms. The number of aromatic nitrogens is 3. The zero-order valence-electron chi connectivity index (χ0n) is 14.2. The molecule has 1 saturated heterocycles. The molecule has 1 fully saturated rings. The zero-order chi connectivity index (χ0) is 16.8. The molecule has 1 unspecified atom stereocenters. The van der Waals surface area contributed by atoms with Crippen LogP contribution in [0.25, 0.3) is 0 Å². The monoisotopic (exact) mass is 330 g/mol. The maximum absolute atomic E-state index is 9.36. The van der Waals surface area contributed by atoms with E-state index in [2.05, 4.69) is 10.4 Å². The summed E-state index contributed by atoms with van der Waals surface area (Å²) in [6.07, 6.45) is 3.97. The predicted octanol–water partition coefficient (Wildman–Crippen LogP) is 1.73. The van der Waals surface area contributed by atoms with Crippen LogP contribution in [0.2, 0.25) is 0 Å². The molecule has 1 aromatic heterocycles. The van der Waals surface area contributed by atoms with Crippen LogP contribution in [0.15, 0.2) is 24.3 Å². The van der Waals surface area contributed by atoms with E-state index in [0.29, 0.717) is 18.9 Å². The SMILES string of the molecule is COc1ccccc1Cc1nc(C2CCCNCC2)n(CCO)n1. The van der Waals surface area contributed by atoms with Crippen LogP contribution in [0.1, 0.15) is 42.4 Å². The summed E-state index contributed by atoms with van der Waals surface area (Å²) in [5, 5.41) is 17.4. The van der Waals surface area contributed by atoms with Crippen LogP contribution < -0.4 is 10.1 Å². The van der Waals surface area contributed by atoms with Crippen molar-refractivity contribution in [2.75, 3.05) is 26.8 Å². The van der Waals surface area contributed by atoms with Crippen LogP contribution in [0.4, 0.5) is 0 Å². The second-order valence-corrected chi connectivity index (χ2v) is 6.20. The number of rotatable bonds is 6. The summed E-state index contributed by atoms with van der Waals surface area (Å²) in [5.74, 6) is 3.07. The summed E-state index contributed by atoms with van der Waals surface area (Å²) >= 11 is 0. The molecule has 130 valence electrons. The normalized spacial score (nSPS) is 18.3. The molecule has 6 heteroatoms. The fourth-order valence-electron chi connectivity index (χ4n) is 3.34. The van der Waals surface area contributed by atoms with Crippen molar-refractivity contribution >= 4 is 0 Å². The van der Waals surface area contributed by atoms with E-state index in [1.807, 2.05) is 28.9 Å². The first-order chi connectivity index (χ1) is 11.8. The maximum atomic E-state index is 9.36. The average molecular weight is 330 g/mol. The van der Waals surface area contributed by atoms with E-state index in [1.54, 1.807) is 7.11 Å². The lowest BCUT2D eigenvalue weighted by atomic mass is 10.00. The second-order valence-electron chi connectivity index (χ2n) is 6.20. The Kier molecular flexibility index (Phi) is 5.82. The van der Waals surface area contributed by atoms with Gasteiger partial charge in [-0.3, -0.25) is 0 Å². The molecule has 3 rings (SSSR count). The van der Waals surface area contributed by atoms with Gasteiger partial charge in [0.15, 0.2) is 5.82 Å². The Morgan fingerprint density at radius 1 is 1.29 bits per heavy atom. The van der Waals surface area contributed by atoms with E-state index in [1.165, 1.54) is 0 Å². The van der Waals surface area contributed by atoms with Gasteiger partial charge in [0.1, 0.15) is 11.6 Å². The van der Waals surface area contributed by atoms with Crippen LogP contribution in [0, 0.1) is 0 Å². The van der Waals surface area contributed by atoms with Gasteiger partial charge in [0.05, 0.1) is 20.3 Å². The van der Waals surface area contributed by atoms with Gasteiger partial charge in [0.25, 0.3) is 0 Å². The summed E-state index contributed by atoms with van der Waals surface area (Å²) < 4.78 is 7.31. The third-order valence-corrected chi connectivity index (χ3v) is 4.54. The Labute approximate surface area is 142 Å². The lowest BCUT2D eigenvalue weighted by Crippen LogP contribution is -2.16. The third kappa shape index (κ3) is 3.94. The third-order valence-electron chi connectivity index (χ3n) is 4.54. The molecule has 2 N–H and O–H groups in total. The van der Waals surface area contributed by atoms with Crippen molar-refractivity contribution in [3.05, 3.63) is 41.5 Å². The van der Waals surface area contributed by atoms with Gasteiger partial charge in [0, 0.05) is 17.9 Å². The van der Waals surface area contributed by atoms with Crippen molar-refractivity contribution < 1.29 is 9.84 Å². The van der Waals surface area contributed by atoms with Crippen LogP contribution >= 0.6 is 0 Å². The maximum Gasteiger partial charge on any atom is 0.155 e. The number of aliphatic hydroxyl groups excluding tert-OH is 1. The van der Waals surface area contributed by atoms with Crippen molar-refractivity contribution in [1.29, 1.82) is 0 Å². The lowest BCUT2D eigenvalue weighted by molar-refractivity contribution is 0.264. The number of nitrogens with zero attached hydrogens (tertiary/aromatic N) is 3. The van der Waals surface area contributed by atoms with Crippen molar-refractivity contribution in [2.45, 2.75) is 38.1 Å². The van der Waals surface area contributed by atoms with Gasteiger partial charge < -0.3 is 15.2 Å². The number of benzene rings is 1. The Hall–Kier alpha value is -1.92. The Morgan fingerprint density at radius 3 is 3.00 bits per heavy atom. The van der Waals surface area contributed by atoms with Crippen LogP contribution in [0.3, 0.4) is 0 Å². The molecule has 1 aliphatic heterocycles. The molecule has 0 amide bonds. The van der Waals surface area contributed by atoms with E-state index in [9.17, 15) is 5.11 Å². The van der Waals surface area contributed by atoms with E-state index >= 15 is 0 Å². The molecule has 1 aromatic carbocycles. The van der Waals surface area contributed by atoms with Gasteiger partial charge in [-0.15, -0.1) is 0 Å². The standard InChI is InChI=1S/C18H26N4O2/c1-24-16-7-3-2-5-15(16)13-17-20-18(22(21-17)11-12-23)14-6-4-9-19-10-8-14/h2-3,5,7,14,19,23H,4,6,8-13H2,1H3. The number of para-hydroxylation sites is 1. The second kappa shape index (κ2) is 8.26. The quantitative estimate of drug-likeness (QED) is 0.844. The molecule has 1 aliphatic rings. The van der Waals surface area contributed by atoms with E-state index < -0.39 is 0 Å². The minimum atomic E-state index is 0.0788. The molecular weight excluding hydrogens is 304 g/mol. The largest absolute Gasteiger partial charge is 0.496 e. The summed E-state index contributed by atoms with van der Waals surface area (Å²) in [6, 6.07) is 7.96. The summed E-state index contributed by atoms with van der Waals surface area (Å²) in [4.78, 5) is 4.82. The summed E-state index contributed by atoms with van der Waals surface area (Å²) in [7, 11) is 1.68. The molecular formula is C18H26N4O2. The molecule has 0 spiro atoms. The molecule has 2 aromatic rings. The molecule has 6 nitrogen and oxygen atoms in total. The minimum Gasteiger partial charge on any atom is -0.496 e. The van der Waals surface area contributed by atoms with Gasteiger partial charge in [-0.05, 0) is 38.4 Å². The highest BCUT2D eigenvalue weighted by Crippen LogP contribution is 2.26. The highest BCUT2D eigenvalue weighted by molar-refractivity contribution is 5.35. The zero-order valence-corrected chi connectivity index (χ0v) is 14.2. The van der Waals surface area contributed by atoms with Gasteiger partial charge in [-0.25, -0.2) is 9.67 Å². The van der Waals surface area contributed by atoms with Gasteiger partial charge in [-0.1, -0.05) is 18.2 Å². The predicted molar refractivity (Wildman–Crippen MR) is 92.4 cm³/mol. The van der Waals surface area contributed by atoms with Gasteiger partial charge >= 0.3 is 0 Å². The number of aliphatic hydroxyl groups is 1. The van der Waals surface area contributed by atoms with Crippen LogP contribution in [-0.2, 0) is 13.0 Å². The Morgan fingerprint density at radius 2 is 2.17 bits per heavy atom. The minimum absolute atomic E-state index is 0.0788. The first-order valence-corrected chi connectivity index (χ1v) is 8.69. The van der Waals surface area contributed by atoms with Crippen LogP contribution in [0.5, 0.6) is 5.75 Å². The molecule has 0 bridgehead atoms. The Balaban J connectivity index is 1.84. The highest BCUT2D eigenvalue weighted by Gasteiger charge is 2.21. The first kappa shape index (κ1) is 16.9. The van der Waals surface area contributed by atoms with Gasteiger partial charge in [0.2, 0.25) is 0 Å². The van der Waals surface area contributed by atoms with E-state index in [4.69, 9.17) is 9.72 Å². The summed E-state index contributed by atoms with van der Waals surface area (Å²) in [6.45, 7) is 2.66. The fraction of sp³-hybridized carbons (Fsp3) is 0.556. The number of hydrogen-bond donors (Lipinski definition) is 2. The van der Waals surface area contributed by atoms with E-state index in [-0.39, 0.29) is 6.61 Å². The molecule has 0 saturated carbocycles. The van der Waals surface area contributed by atoms with Crippen molar-refractivity contribution in [3.8, 4) is 5.75 Å². The fourth-order valence-corrected chi connectivity index (χ4v) is 3.34. The molecule has 1 atom stereocenters. The van der Waals surface area contributed by atoms with Crippen molar-refractivity contribution in [1.82, 2.24) is 20.1 Å². The Bertz CT molecular complexity index is 648. The van der Waals surface area contributed by atoms with E-state index in [0.717, 1.165) is 55.3 Å². The van der Waals surface area contributed by atoms with Crippen LogP contribution in [-0.4, -0.2) is 46.7 Å². The molecule has 0 radical (unpaired) electrons. The topological polar surface area (TPSA) is 72.2 Å². The number of ether oxygens (including phenoxy) is 1. The summed E-state index contributed by atoms with van der Waals surface area (Å²) in [5.41, 5.74) is 1.08. The molecule has 2 heterocycles. The highest BCUT2D eigenvalue weighted by atomic mass is 16.5. The number of hydrogen-bond acceptors (Lipinski definition) is 5. The smallest absolute Gasteiger partial charge is 0.155 e. The lowest BCUT2D eigenvalue weighted by Gasteiger charge is -2.13. The van der Waals surface area contributed by atoms with Gasteiger partial charge in [-0.2, -0.15) is 5.10 Å². The molecule has 0 aliphatic carbocycles. The average Bonchev–Trinajstić information content (AvgIpc) is 2.82.